The van der Waals surface area contributed by atoms with Crippen LogP contribution in [0.15, 0.2) is 50.6 Å². The van der Waals surface area contributed by atoms with Crippen molar-refractivity contribution in [2.45, 2.75) is 0 Å². The molecule has 0 spiro atoms. The lowest BCUT2D eigenvalue weighted by molar-refractivity contribution is -0.384. The summed E-state index contributed by atoms with van der Waals surface area (Å²) in [5, 5.41) is 14.0. The van der Waals surface area contributed by atoms with Crippen LogP contribution in [0.3, 0.4) is 0 Å². The van der Waals surface area contributed by atoms with Crippen LogP contribution in [-0.4, -0.2) is 16.7 Å². The standard InChI is InChI=1S/C12H8BrN3O5/c13-9-5-6-20-10(9)12(17)21-15-11(14)7-1-3-8(4-2-7)16(18)19/h1-6H,(H2,14,15). The van der Waals surface area contributed by atoms with Gasteiger partial charge in [-0.3, -0.25) is 10.1 Å². The molecule has 0 atom stereocenters. The highest BCUT2D eigenvalue weighted by Gasteiger charge is 2.16. The first kappa shape index (κ1) is 14.7. The smallest absolute Gasteiger partial charge is 0.401 e. The molecular formula is C12H8BrN3O5. The maximum atomic E-state index is 11.6. The summed E-state index contributed by atoms with van der Waals surface area (Å²) in [6.45, 7) is 0. The fourth-order valence-electron chi connectivity index (χ4n) is 1.38. The first-order valence-electron chi connectivity index (χ1n) is 5.51. The third kappa shape index (κ3) is 3.45. The Labute approximate surface area is 126 Å². The molecule has 1 heterocycles. The number of benzene rings is 1. The third-order valence-electron chi connectivity index (χ3n) is 2.40. The molecule has 0 saturated carbocycles. The monoisotopic (exact) mass is 353 g/mol. The summed E-state index contributed by atoms with van der Waals surface area (Å²) in [4.78, 5) is 26.2. The molecule has 0 aliphatic rings. The van der Waals surface area contributed by atoms with E-state index in [0.717, 1.165) is 0 Å². The van der Waals surface area contributed by atoms with E-state index in [0.29, 0.717) is 10.0 Å². The van der Waals surface area contributed by atoms with Crippen molar-refractivity contribution in [3.05, 3.63) is 62.5 Å². The lowest BCUT2D eigenvalue weighted by Gasteiger charge is -2.00. The van der Waals surface area contributed by atoms with Crippen molar-refractivity contribution in [3.63, 3.8) is 0 Å². The molecule has 0 amide bonds. The number of carbonyl (C=O) groups excluding carboxylic acids is 1. The molecule has 0 bridgehead atoms. The van der Waals surface area contributed by atoms with Crippen LogP contribution >= 0.6 is 15.9 Å². The summed E-state index contributed by atoms with van der Waals surface area (Å²) >= 11 is 3.10. The second-order valence-corrected chi connectivity index (χ2v) is 4.61. The number of nitro groups is 1. The van der Waals surface area contributed by atoms with Gasteiger partial charge in [-0.25, -0.2) is 4.79 Å². The lowest BCUT2D eigenvalue weighted by atomic mass is 10.2. The minimum absolute atomic E-state index is 0.0461. The Morgan fingerprint density at radius 1 is 1.33 bits per heavy atom. The molecule has 0 fully saturated rings. The molecule has 0 unspecified atom stereocenters. The number of halogens is 1. The predicted molar refractivity (Wildman–Crippen MR) is 75.6 cm³/mol. The molecule has 0 aliphatic carbocycles. The van der Waals surface area contributed by atoms with E-state index < -0.39 is 10.9 Å². The average Bonchev–Trinajstić information content (AvgIpc) is 2.90. The second-order valence-electron chi connectivity index (χ2n) is 3.76. The minimum atomic E-state index is -0.822. The number of furan rings is 1. The van der Waals surface area contributed by atoms with Crippen molar-refractivity contribution in [2.24, 2.45) is 10.9 Å². The maximum Gasteiger partial charge on any atom is 0.401 e. The summed E-state index contributed by atoms with van der Waals surface area (Å²) in [6.07, 6.45) is 1.31. The summed E-state index contributed by atoms with van der Waals surface area (Å²) in [6, 6.07) is 6.85. The number of carbonyl (C=O) groups is 1. The van der Waals surface area contributed by atoms with Gasteiger partial charge in [0.2, 0.25) is 5.76 Å². The molecule has 2 N–H and O–H groups in total. The zero-order chi connectivity index (χ0) is 15.4. The Kier molecular flexibility index (Phi) is 4.33. The van der Waals surface area contributed by atoms with E-state index in [9.17, 15) is 14.9 Å². The van der Waals surface area contributed by atoms with Gasteiger partial charge in [0.25, 0.3) is 5.69 Å². The number of hydrogen-bond acceptors (Lipinski definition) is 6. The molecule has 21 heavy (non-hydrogen) atoms. The highest BCUT2D eigenvalue weighted by molar-refractivity contribution is 9.10. The number of rotatable bonds is 4. The predicted octanol–water partition coefficient (Wildman–Crippen LogP) is 2.43. The van der Waals surface area contributed by atoms with Crippen molar-refractivity contribution in [3.8, 4) is 0 Å². The lowest BCUT2D eigenvalue weighted by Crippen LogP contribution is -2.15. The summed E-state index contributed by atoms with van der Waals surface area (Å²) in [5.74, 6) is -0.965. The van der Waals surface area contributed by atoms with Crippen LogP contribution < -0.4 is 5.73 Å². The molecule has 0 aliphatic heterocycles. The summed E-state index contributed by atoms with van der Waals surface area (Å²) < 4.78 is 5.33. The van der Waals surface area contributed by atoms with Gasteiger partial charge in [0.05, 0.1) is 15.7 Å². The normalized spacial score (nSPS) is 11.2. The van der Waals surface area contributed by atoms with E-state index in [1.54, 1.807) is 0 Å². The number of nitrogens with zero attached hydrogens (tertiary/aromatic N) is 2. The van der Waals surface area contributed by atoms with Crippen LogP contribution in [0.2, 0.25) is 0 Å². The topological polar surface area (TPSA) is 121 Å². The Bertz CT molecular complexity index is 708. The van der Waals surface area contributed by atoms with Crippen molar-refractivity contribution in [1.29, 1.82) is 0 Å². The fourth-order valence-corrected chi connectivity index (χ4v) is 1.74. The van der Waals surface area contributed by atoms with Crippen molar-refractivity contribution < 1.29 is 19.0 Å². The molecule has 2 aromatic rings. The van der Waals surface area contributed by atoms with Crippen molar-refractivity contribution in [2.75, 3.05) is 0 Å². The quantitative estimate of drug-likeness (QED) is 0.296. The van der Waals surface area contributed by atoms with Crippen LogP contribution in [-0.2, 0) is 4.84 Å². The van der Waals surface area contributed by atoms with Crippen LogP contribution in [0.1, 0.15) is 16.1 Å². The van der Waals surface area contributed by atoms with Gasteiger partial charge in [-0.1, -0.05) is 5.16 Å². The molecule has 0 radical (unpaired) electrons. The van der Waals surface area contributed by atoms with Crippen LogP contribution in [0.5, 0.6) is 0 Å². The Morgan fingerprint density at radius 2 is 2.00 bits per heavy atom. The van der Waals surface area contributed by atoms with Gasteiger partial charge in [-0.05, 0) is 34.1 Å². The maximum absolute atomic E-state index is 11.6. The van der Waals surface area contributed by atoms with Gasteiger partial charge < -0.3 is 15.0 Å². The van der Waals surface area contributed by atoms with E-state index in [1.165, 1.54) is 36.6 Å². The minimum Gasteiger partial charge on any atom is -0.456 e. The van der Waals surface area contributed by atoms with Crippen LogP contribution in [0.4, 0.5) is 5.69 Å². The van der Waals surface area contributed by atoms with Gasteiger partial charge in [0.1, 0.15) is 0 Å². The molecule has 1 aromatic heterocycles. The number of nitro benzene ring substituents is 1. The van der Waals surface area contributed by atoms with E-state index in [2.05, 4.69) is 25.9 Å². The summed E-state index contributed by atoms with van der Waals surface area (Å²) in [5.41, 5.74) is 5.92. The molecule has 8 nitrogen and oxygen atoms in total. The van der Waals surface area contributed by atoms with Gasteiger partial charge >= 0.3 is 5.97 Å². The van der Waals surface area contributed by atoms with Crippen LogP contribution in [0.25, 0.3) is 0 Å². The molecular weight excluding hydrogens is 346 g/mol. The van der Waals surface area contributed by atoms with E-state index >= 15 is 0 Å². The summed E-state index contributed by atoms with van der Waals surface area (Å²) in [7, 11) is 0. The second kappa shape index (κ2) is 6.18. The molecule has 9 heteroatoms. The van der Waals surface area contributed by atoms with Gasteiger partial charge in [0, 0.05) is 17.7 Å². The highest BCUT2D eigenvalue weighted by Crippen LogP contribution is 2.18. The number of non-ortho nitro benzene ring substituents is 1. The largest absolute Gasteiger partial charge is 0.456 e. The Hall–Kier alpha value is -2.68. The van der Waals surface area contributed by atoms with E-state index in [1.807, 2.05) is 0 Å². The molecule has 2 rings (SSSR count). The van der Waals surface area contributed by atoms with E-state index in [-0.39, 0.29) is 17.3 Å². The zero-order valence-electron chi connectivity index (χ0n) is 10.4. The SMILES string of the molecule is N/C(=N\OC(=O)c1occc1Br)c1ccc([N+](=O)[O-])cc1. The number of oxime groups is 1. The number of hydrogen-bond donors (Lipinski definition) is 1. The first-order valence-corrected chi connectivity index (χ1v) is 6.31. The zero-order valence-corrected chi connectivity index (χ0v) is 11.9. The fraction of sp³-hybridized carbons (Fsp3) is 0. The van der Waals surface area contributed by atoms with Gasteiger partial charge in [-0.2, -0.15) is 0 Å². The van der Waals surface area contributed by atoms with Crippen molar-refractivity contribution in [1.82, 2.24) is 0 Å². The molecule has 108 valence electrons. The molecule has 1 aromatic carbocycles. The first-order chi connectivity index (χ1) is 9.99. The third-order valence-corrected chi connectivity index (χ3v) is 3.03. The van der Waals surface area contributed by atoms with E-state index in [4.69, 9.17) is 10.2 Å². The Balaban J connectivity index is 2.09. The Morgan fingerprint density at radius 3 is 2.52 bits per heavy atom. The average molecular weight is 354 g/mol. The highest BCUT2D eigenvalue weighted by atomic mass is 79.9. The van der Waals surface area contributed by atoms with Crippen LogP contribution in [0, 0.1) is 10.1 Å². The van der Waals surface area contributed by atoms with Crippen molar-refractivity contribution >= 4 is 33.4 Å². The number of amidine groups is 1. The van der Waals surface area contributed by atoms with Gasteiger partial charge in [0.15, 0.2) is 5.84 Å². The number of nitrogens with two attached hydrogens (primary N) is 1. The molecule has 0 saturated heterocycles. The van der Waals surface area contributed by atoms with Gasteiger partial charge in [-0.15, -0.1) is 0 Å².